The van der Waals surface area contributed by atoms with Gasteiger partial charge in [0.25, 0.3) is 0 Å². The van der Waals surface area contributed by atoms with Crippen molar-refractivity contribution in [1.82, 2.24) is 0 Å². The van der Waals surface area contributed by atoms with E-state index in [1.54, 1.807) is 0 Å². The average Bonchev–Trinajstić information content (AvgIpc) is 2.40. The maximum Gasteiger partial charge on any atom is 0.125 e. The fourth-order valence-electron chi connectivity index (χ4n) is 2.16. The van der Waals surface area contributed by atoms with Gasteiger partial charge in [-0.1, -0.05) is 48.0 Å². The maximum absolute atomic E-state index is 6.15. The minimum Gasteiger partial charge on any atom is -0.485 e. The molecule has 0 aliphatic heterocycles. The molecule has 2 N–H and O–H groups in total. The lowest BCUT2D eigenvalue weighted by atomic mass is 10.0. The van der Waals surface area contributed by atoms with E-state index in [9.17, 15) is 0 Å². The number of ether oxygens (including phenoxy) is 1. The molecule has 0 aromatic heterocycles. The van der Waals surface area contributed by atoms with Gasteiger partial charge in [-0.2, -0.15) is 0 Å². The lowest BCUT2D eigenvalue weighted by Crippen LogP contribution is -2.13. The van der Waals surface area contributed by atoms with Crippen molar-refractivity contribution in [3.05, 3.63) is 65.2 Å². The molecule has 2 aromatic carbocycles. The summed E-state index contributed by atoms with van der Waals surface area (Å²) in [6, 6.07) is 16.5. The van der Waals surface area contributed by atoms with E-state index in [4.69, 9.17) is 10.5 Å². The summed E-state index contributed by atoms with van der Waals surface area (Å²) >= 11 is 0. The summed E-state index contributed by atoms with van der Waals surface area (Å²) in [5.41, 5.74) is 9.30. The van der Waals surface area contributed by atoms with Crippen LogP contribution in [0.1, 0.15) is 29.2 Å². The van der Waals surface area contributed by atoms with Crippen LogP contribution in [0.15, 0.2) is 48.5 Å². The summed E-state index contributed by atoms with van der Waals surface area (Å²) < 4.78 is 6.15. The first-order valence-electron chi connectivity index (χ1n) is 6.69. The SMILES string of the molecule is Cc1cccc(C(CCN)Oc2ccccc2C)c1. The van der Waals surface area contributed by atoms with Crippen LogP contribution < -0.4 is 10.5 Å². The highest BCUT2D eigenvalue weighted by atomic mass is 16.5. The van der Waals surface area contributed by atoms with Gasteiger partial charge >= 0.3 is 0 Å². The zero-order valence-corrected chi connectivity index (χ0v) is 11.6. The molecule has 2 heteroatoms. The number of benzene rings is 2. The van der Waals surface area contributed by atoms with Gasteiger partial charge in [-0.25, -0.2) is 0 Å². The number of hydrogen-bond donors (Lipinski definition) is 1. The predicted octanol–water partition coefficient (Wildman–Crippen LogP) is 3.77. The van der Waals surface area contributed by atoms with E-state index < -0.39 is 0 Å². The van der Waals surface area contributed by atoms with E-state index in [0.717, 1.165) is 17.7 Å². The molecule has 0 bridgehead atoms. The quantitative estimate of drug-likeness (QED) is 0.882. The Labute approximate surface area is 115 Å². The van der Waals surface area contributed by atoms with Gasteiger partial charge < -0.3 is 10.5 Å². The van der Waals surface area contributed by atoms with Crippen LogP contribution in [0.4, 0.5) is 0 Å². The Bertz CT molecular complexity index is 536. The van der Waals surface area contributed by atoms with Gasteiger partial charge in [-0.15, -0.1) is 0 Å². The fourth-order valence-corrected chi connectivity index (χ4v) is 2.16. The van der Waals surface area contributed by atoms with Gasteiger partial charge in [-0.3, -0.25) is 0 Å². The summed E-state index contributed by atoms with van der Waals surface area (Å²) in [6.07, 6.45) is 0.837. The molecule has 0 heterocycles. The number of hydrogen-bond acceptors (Lipinski definition) is 2. The third kappa shape index (κ3) is 3.58. The van der Waals surface area contributed by atoms with Crippen LogP contribution >= 0.6 is 0 Å². The molecule has 2 rings (SSSR count). The minimum absolute atomic E-state index is 0.0194. The molecular formula is C17H21NO. The Balaban J connectivity index is 2.24. The van der Waals surface area contributed by atoms with Crippen molar-refractivity contribution in [3.8, 4) is 5.75 Å². The highest BCUT2D eigenvalue weighted by Gasteiger charge is 2.13. The number of aryl methyl sites for hydroxylation is 2. The van der Waals surface area contributed by atoms with Crippen molar-refractivity contribution in [1.29, 1.82) is 0 Å². The molecule has 1 atom stereocenters. The Morgan fingerprint density at radius 2 is 1.84 bits per heavy atom. The third-order valence-electron chi connectivity index (χ3n) is 3.21. The molecule has 0 spiro atoms. The van der Waals surface area contributed by atoms with Gasteiger partial charge in [0.05, 0.1) is 0 Å². The smallest absolute Gasteiger partial charge is 0.125 e. The molecule has 19 heavy (non-hydrogen) atoms. The molecule has 0 radical (unpaired) electrons. The normalized spacial score (nSPS) is 12.2. The number of rotatable bonds is 5. The van der Waals surface area contributed by atoms with E-state index in [2.05, 4.69) is 44.2 Å². The minimum atomic E-state index is 0.0194. The van der Waals surface area contributed by atoms with Gasteiger partial charge in [0, 0.05) is 6.42 Å². The highest BCUT2D eigenvalue weighted by Crippen LogP contribution is 2.27. The molecule has 0 aliphatic carbocycles. The molecule has 0 amide bonds. The zero-order chi connectivity index (χ0) is 13.7. The largest absolute Gasteiger partial charge is 0.485 e. The van der Waals surface area contributed by atoms with Crippen LogP contribution in [0.2, 0.25) is 0 Å². The summed E-state index contributed by atoms with van der Waals surface area (Å²) in [7, 11) is 0. The van der Waals surface area contributed by atoms with E-state index in [1.807, 2.05) is 18.2 Å². The van der Waals surface area contributed by atoms with Crippen molar-refractivity contribution < 1.29 is 4.74 Å². The fraction of sp³-hybridized carbons (Fsp3) is 0.294. The van der Waals surface area contributed by atoms with E-state index in [-0.39, 0.29) is 6.10 Å². The van der Waals surface area contributed by atoms with Crippen LogP contribution in [-0.2, 0) is 0 Å². The van der Waals surface area contributed by atoms with Crippen molar-refractivity contribution in [3.63, 3.8) is 0 Å². The van der Waals surface area contributed by atoms with E-state index in [1.165, 1.54) is 11.1 Å². The maximum atomic E-state index is 6.15. The van der Waals surface area contributed by atoms with Crippen molar-refractivity contribution in [2.75, 3.05) is 6.54 Å². The Hall–Kier alpha value is -1.80. The monoisotopic (exact) mass is 255 g/mol. The van der Waals surface area contributed by atoms with Gasteiger partial charge in [0.15, 0.2) is 0 Å². The van der Waals surface area contributed by atoms with Crippen LogP contribution in [0, 0.1) is 13.8 Å². The van der Waals surface area contributed by atoms with E-state index in [0.29, 0.717) is 6.54 Å². The lowest BCUT2D eigenvalue weighted by Gasteiger charge is -2.20. The zero-order valence-electron chi connectivity index (χ0n) is 11.6. The first-order chi connectivity index (χ1) is 9.20. The third-order valence-corrected chi connectivity index (χ3v) is 3.21. The van der Waals surface area contributed by atoms with Crippen LogP contribution in [0.5, 0.6) is 5.75 Å². The van der Waals surface area contributed by atoms with Gasteiger partial charge in [-0.05, 0) is 37.6 Å². The van der Waals surface area contributed by atoms with Crippen LogP contribution in [-0.4, -0.2) is 6.54 Å². The molecule has 0 saturated carbocycles. The standard InChI is InChI=1S/C17H21NO/c1-13-6-5-8-15(12-13)17(10-11-18)19-16-9-4-3-7-14(16)2/h3-9,12,17H,10-11,18H2,1-2H3. The molecule has 0 aliphatic rings. The molecule has 2 aromatic rings. The van der Waals surface area contributed by atoms with Gasteiger partial charge in [0.2, 0.25) is 0 Å². The summed E-state index contributed by atoms with van der Waals surface area (Å²) in [5.74, 6) is 0.933. The number of para-hydroxylation sites is 1. The average molecular weight is 255 g/mol. The first kappa shape index (κ1) is 13.6. The summed E-state index contributed by atoms with van der Waals surface area (Å²) in [5, 5.41) is 0. The Morgan fingerprint density at radius 3 is 2.53 bits per heavy atom. The molecule has 1 unspecified atom stereocenters. The molecular weight excluding hydrogens is 234 g/mol. The Morgan fingerprint density at radius 1 is 1.05 bits per heavy atom. The molecule has 100 valence electrons. The number of nitrogens with two attached hydrogens (primary N) is 1. The summed E-state index contributed by atoms with van der Waals surface area (Å²) in [4.78, 5) is 0. The van der Waals surface area contributed by atoms with Crippen molar-refractivity contribution in [2.24, 2.45) is 5.73 Å². The molecule has 2 nitrogen and oxygen atoms in total. The second kappa shape index (κ2) is 6.39. The van der Waals surface area contributed by atoms with Crippen LogP contribution in [0.25, 0.3) is 0 Å². The van der Waals surface area contributed by atoms with Gasteiger partial charge in [0.1, 0.15) is 11.9 Å². The van der Waals surface area contributed by atoms with E-state index >= 15 is 0 Å². The Kier molecular flexibility index (Phi) is 4.58. The first-order valence-corrected chi connectivity index (χ1v) is 6.69. The topological polar surface area (TPSA) is 35.2 Å². The lowest BCUT2D eigenvalue weighted by molar-refractivity contribution is 0.196. The molecule has 0 fully saturated rings. The highest BCUT2D eigenvalue weighted by molar-refractivity contribution is 5.33. The van der Waals surface area contributed by atoms with Crippen molar-refractivity contribution in [2.45, 2.75) is 26.4 Å². The van der Waals surface area contributed by atoms with Crippen molar-refractivity contribution >= 4 is 0 Å². The van der Waals surface area contributed by atoms with Crippen LogP contribution in [0.3, 0.4) is 0 Å². The second-order valence-corrected chi connectivity index (χ2v) is 4.86. The summed E-state index contributed by atoms with van der Waals surface area (Å²) in [6.45, 7) is 4.77. The predicted molar refractivity (Wildman–Crippen MR) is 79.4 cm³/mol. The second-order valence-electron chi connectivity index (χ2n) is 4.86. The molecule has 0 saturated heterocycles.